The number of rotatable bonds is 2. The summed E-state index contributed by atoms with van der Waals surface area (Å²) < 4.78 is 0. The van der Waals surface area contributed by atoms with Crippen LogP contribution in [0.15, 0.2) is 48.5 Å². The van der Waals surface area contributed by atoms with Crippen molar-refractivity contribution in [3.63, 3.8) is 0 Å². The second-order valence-corrected chi connectivity index (χ2v) is 17.2. The Labute approximate surface area is 145 Å². The average molecular weight is 364 g/mol. The minimum absolute atomic E-state index is 0. The Morgan fingerprint density at radius 1 is 0.571 bits per heavy atom. The molecule has 21 heavy (non-hydrogen) atoms. The Bertz CT molecular complexity index is 447. The molecule has 0 heterocycles. The zero-order valence-electron chi connectivity index (χ0n) is 14.3. The maximum absolute atomic E-state index is 3.03. The van der Waals surface area contributed by atoms with E-state index in [1.54, 1.807) is 0 Å². The van der Waals surface area contributed by atoms with Crippen molar-refractivity contribution in [3.8, 4) is 0 Å². The van der Waals surface area contributed by atoms with E-state index < -0.39 is 16.1 Å². The van der Waals surface area contributed by atoms with Crippen molar-refractivity contribution < 1.29 is 19.5 Å². The van der Waals surface area contributed by atoms with Crippen molar-refractivity contribution >= 4 is 26.5 Å². The van der Waals surface area contributed by atoms with E-state index in [-0.39, 0.29) is 19.5 Å². The van der Waals surface area contributed by atoms with Crippen molar-refractivity contribution in [2.75, 3.05) is 0 Å². The molecule has 0 bridgehead atoms. The molecular weight excluding hydrogens is 338 g/mol. The van der Waals surface area contributed by atoms with Crippen LogP contribution in [-0.2, 0) is 19.5 Å². The molecule has 0 N–H and O–H groups in total. The predicted molar refractivity (Wildman–Crippen MR) is 96.5 cm³/mol. The van der Waals surface area contributed by atoms with Gasteiger partial charge in [0.15, 0.2) is 0 Å². The summed E-state index contributed by atoms with van der Waals surface area (Å²) in [6.07, 6.45) is 0. The summed E-state index contributed by atoms with van der Waals surface area (Å²) in [7, 11) is -2.11. The minimum Gasteiger partial charge on any atom is -0.184 e. The zero-order valence-corrected chi connectivity index (χ0v) is 19.3. The zero-order chi connectivity index (χ0) is 15.2. The second kappa shape index (κ2) is 8.82. The summed E-state index contributed by atoms with van der Waals surface area (Å²) in [5, 5.41) is 3.01. The van der Waals surface area contributed by atoms with Crippen LogP contribution >= 0.6 is 0 Å². The van der Waals surface area contributed by atoms with E-state index in [2.05, 4.69) is 75.7 Å². The molecule has 0 aliphatic heterocycles. The van der Waals surface area contributed by atoms with Gasteiger partial charge in [-0.15, -0.1) is 0 Å². The minimum atomic E-state index is -1.05. The summed E-state index contributed by atoms with van der Waals surface area (Å²) >= 11 is 0. The monoisotopic (exact) mass is 362 g/mol. The van der Waals surface area contributed by atoms with E-state index in [1.165, 1.54) is 10.4 Å². The third-order valence-corrected chi connectivity index (χ3v) is 7.30. The first-order chi connectivity index (χ1) is 9.21. The Hall–Kier alpha value is -0.503. The maximum atomic E-state index is 3.03. The largest absolute Gasteiger partial charge is 2.00 e. The Balaban J connectivity index is 0.000000364. The average Bonchev–Trinajstić information content (AvgIpc) is 2.40. The van der Waals surface area contributed by atoms with Crippen LogP contribution in [0.3, 0.4) is 0 Å². The molecule has 0 aliphatic rings. The molecule has 0 amide bonds. The van der Waals surface area contributed by atoms with Crippen LogP contribution in [0.2, 0.25) is 39.3 Å². The molecule has 2 aromatic carbocycles. The molecule has 0 saturated heterocycles. The van der Waals surface area contributed by atoms with Gasteiger partial charge in [-0.1, -0.05) is 39.3 Å². The molecular formula is C18H26Si2Zn. The van der Waals surface area contributed by atoms with Gasteiger partial charge in [0.05, 0.1) is 16.1 Å². The summed E-state index contributed by atoms with van der Waals surface area (Å²) in [5.41, 5.74) is 0. The topological polar surface area (TPSA) is 0 Å². The molecule has 0 unspecified atom stereocenters. The van der Waals surface area contributed by atoms with E-state index in [0.717, 1.165) is 0 Å². The Morgan fingerprint density at radius 3 is 0.952 bits per heavy atom. The molecule has 0 aromatic heterocycles. The maximum Gasteiger partial charge on any atom is 2.00 e. The van der Waals surface area contributed by atoms with Gasteiger partial charge in [0.2, 0.25) is 0 Å². The van der Waals surface area contributed by atoms with E-state index in [9.17, 15) is 0 Å². The van der Waals surface area contributed by atoms with Crippen molar-refractivity contribution in [1.29, 1.82) is 0 Å². The summed E-state index contributed by atoms with van der Waals surface area (Å²) in [6.45, 7) is 14.1. The second-order valence-electron chi connectivity index (χ2n) is 7.08. The number of benzene rings is 2. The van der Waals surface area contributed by atoms with Crippen LogP contribution in [0, 0.1) is 12.1 Å². The molecule has 0 spiro atoms. The standard InChI is InChI=1S/2C9H13Si.Zn/c2*1-10(2,3)9-7-5-4-6-8-9;/h2*5-8H,1-3H3;/q2*-1;+2. The van der Waals surface area contributed by atoms with E-state index >= 15 is 0 Å². The summed E-state index contributed by atoms with van der Waals surface area (Å²) in [6, 6.07) is 22.7. The summed E-state index contributed by atoms with van der Waals surface area (Å²) in [4.78, 5) is 0. The fourth-order valence-electron chi connectivity index (χ4n) is 1.77. The molecule has 0 fully saturated rings. The van der Waals surface area contributed by atoms with E-state index in [4.69, 9.17) is 0 Å². The van der Waals surface area contributed by atoms with Crippen molar-refractivity contribution in [2.45, 2.75) is 39.3 Å². The smallest absolute Gasteiger partial charge is 0.184 e. The van der Waals surface area contributed by atoms with Gasteiger partial charge >= 0.3 is 19.5 Å². The van der Waals surface area contributed by atoms with Crippen LogP contribution in [0.4, 0.5) is 0 Å². The van der Waals surface area contributed by atoms with Crippen molar-refractivity contribution in [3.05, 3.63) is 60.7 Å². The molecule has 0 atom stereocenters. The first-order valence-electron chi connectivity index (χ1n) is 7.14. The SMILES string of the molecule is C[Si](C)(C)c1cc[c-]cc1.C[Si](C)(C)c1cc[c-]cc1.[Zn+2]. The molecule has 0 saturated carbocycles. The molecule has 2 aromatic rings. The fraction of sp³-hybridized carbons (Fsp3) is 0.333. The molecule has 108 valence electrons. The van der Waals surface area contributed by atoms with Crippen molar-refractivity contribution in [1.82, 2.24) is 0 Å². The fourth-order valence-corrected chi connectivity index (χ4v) is 4.11. The van der Waals surface area contributed by atoms with E-state index in [0.29, 0.717) is 0 Å². The molecule has 0 nitrogen and oxygen atoms in total. The third kappa shape index (κ3) is 7.89. The quantitative estimate of drug-likeness (QED) is 0.557. The van der Waals surface area contributed by atoms with Gasteiger partial charge in [-0.3, -0.25) is 0 Å². The van der Waals surface area contributed by atoms with Crippen LogP contribution in [0.5, 0.6) is 0 Å². The molecule has 2 rings (SSSR count). The van der Waals surface area contributed by atoms with Crippen LogP contribution < -0.4 is 10.4 Å². The number of hydrogen-bond acceptors (Lipinski definition) is 0. The van der Waals surface area contributed by atoms with Crippen LogP contribution in [-0.4, -0.2) is 16.1 Å². The predicted octanol–water partition coefficient (Wildman–Crippen LogP) is 4.06. The van der Waals surface area contributed by atoms with Crippen molar-refractivity contribution in [2.24, 2.45) is 0 Å². The normalized spacial score (nSPS) is 11.0. The van der Waals surface area contributed by atoms with Gasteiger partial charge in [-0.2, -0.15) is 71.0 Å². The van der Waals surface area contributed by atoms with Crippen LogP contribution in [0.1, 0.15) is 0 Å². The third-order valence-electron chi connectivity index (χ3n) is 3.17. The van der Waals surface area contributed by atoms with E-state index in [1.807, 2.05) is 24.3 Å². The van der Waals surface area contributed by atoms with Gasteiger partial charge in [0.25, 0.3) is 0 Å². The van der Waals surface area contributed by atoms with Gasteiger partial charge in [-0.25, -0.2) is 0 Å². The molecule has 0 radical (unpaired) electrons. The summed E-state index contributed by atoms with van der Waals surface area (Å²) in [5.74, 6) is 0. The Morgan fingerprint density at radius 2 is 0.810 bits per heavy atom. The van der Waals surface area contributed by atoms with Gasteiger partial charge < -0.3 is 0 Å². The molecule has 0 aliphatic carbocycles. The first kappa shape index (κ1) is 20.5. The Kier molecular flexibility index (Phi) is 8.61. The van der Waals surface area contributed by atoms with Gasteiger partial charge in [-0.05, 0) is 0 Å². The van der Waals surface area contributed by atoms with Crippen LogP contribution in [0.25, 0.3) is 0 Å². The molecule has 3 heteroatoms. The first-order valence-corrected chi connectivity index (χ1v) is 14.1. The van der Waals surface area contributed by atoms with Gasteiger partial charge in [0.1, 0.15) is 0 Å². The van der Waals surface area contributed by atoms with Gasteiger partial charge in [0, 0.05) is 0 Å². The number of hydrogen-bond donors (Lipinski definition) is 0.